The van der Waals surface area contributed by atoms with E-state index in [0.717, 1.165) is 15.7 Å². The van der Waals surface area contributed by atoms with Gasteiger partial charge in [-0.1, -0.05) is 19.1 Å². The molecule has 0 amide bonds. The molecule has 0 bridgehead atoms. The lowest BCUT2D eigenvalue weighted by Gasteiger charge is -2.23. The molecule has 23 heavy (non-hydrogen) atoms. The molecular formula is C17H26NO4P. The molecule has 128 valence electrons. The van der Waals surface area contributed by atoms with Crippen molar-refractivity contribution in [1.29, 1.82) is 0 Å². The third-order valence-electron chi connectivity index (χ3n) is 3.55. The van der Waals surface area contributed by atoms with Crippen LogP contribution >= 0.6 is 7.60 Å². The van der Waals surface area contributed by atoms with Crippen molar-refractivity contribution in [1.82, 2.24) is 4.73 Å². The summed E-state index contributed by atoms with van der Waals surface area (Å²) in [6.07, 6.45) is 0.00291. The van der Waals surface area contributed by atoms with Gasteiger partial charge >= 0.3 is 7.60 Å². The molecule has 2 rings (SSSR count). The van der Waals surface area contributed by atoms with Gasteiger partial charge in [-0.15, -0.1) is 0 Å². The Morgan fingerprint density at radius 3 is 2.22 bits per heavy atom. The van der Waals surface area contributed by atoms with Gasteiger partial charge in [0, 0.05) is 5.39 Å². The van der Waals surface area contributed by atoms with E-state index in [9.17, 15) is 9.77 Å². The van der Waals surface area contributed by atoms with Crippen molar-refractivity contribution in [2.45, 2.75) is 60.2 Å². The molecule has 0 spiro atoms. The van der Waals surface area contributed by atoms with Crippen LogP contribution in [0.15, 0.2) is 18.2 Å². The van der Waals surface area contributed by atoms with Crippen LogP contribution in [-0.2, 0) is 20.0 Å². The molecule has 5 nitrogen and oxygen atoms in total. The molecule has 0 aliphatic heterocycles. The summed E-state index contributed by atoms with van der Waals surface area (Å²) >= 11 is 0. The number of hydrogen-bond donors (Lipinski definition) is 1. The normalized spacial score (nSPS) is 12.7. The lowest BCUT2D eigenvalue weighted by atomic mass is 10.1. The summed E-state index contributed by atoms with van der Waals surface area (Å²) in [6.45, 7) is 11.1. The molecule has 1 aromatic heterocycles. The standard InChI is InChI=1S/C17H26NO4P/c1-7-14-17(23(20,21-11(2)3)22-12(4)5)16-13(6)9-8-10-15(16)18(14)19/h8-12,19H,7H2,1-6H3. The highest BCUT2D eigenvalue weighted by molar-refractivity contribution is 7.63. The molecule has 2 aromatic rings. The first kappa shape index (κ1) is 18.1. The number of aromatic nitrogens is 1. The summed E-state index contributed by atoms with van der Waals surface area (Å²) in [5.41, 5.74) is 2.12. The maximum Gasteiger partial charge on any atom is 0.364 e. The van der Waals surface area contributed by atoms with Gasteiger partial charge in [-0.25, -0.2) is 0 Å². The van der Waals surface area contributed by atoms with Gasteiger partial charge in [0.1, 0.15) is 0 Å². The van der Waals surface area contributed by atoms with Crippen LogP contribution in [-0.4, -0.2) is 22.1 Å². The molecule has 0 fully saturated rings. The molecule has 0 unspecified atom stereocenters. The minimum atomic E-state index is -3.57. The van der Waals surface area contributed by atoms with E-state index in [4.69, 9.17) is 9.05 Å². The Morgan fingerprint density at radius 2 is 1.74 bits per heavy atom. The Kier molecular flexibility index (Phi) is 5.24. The van der Waals surface area contributed by atoms with Gasteiger partial charge in [0.15, 0.2) is 0 Å². The zero-order valence-electron chi connectivity index (χ0n) is 14.7. The maximum atomic E-state index is 13.6. The van der Waals surface area contributed by atoms with E-state index >= 15 is 0 Å². The highest BCUT2D eigenvalue weighted by Crippen LogP contribution is 2.52. The second-order valence-electron chi connectivity index (χ2n) is 6.24. The van der Waals surface area contributed by atoms with E-state index in [2.05, 4.69) is 0 Å². The van der Waals surface area contributed by atoms with E-state index < -0.39 is 7.60 Å². The Balaban J connectivity index is 2.84. The van der Waals surface area contributed by atoms with Gasteiger partial charge in [0.05, 0.1) is 28.7 Å². The van der Waals surface area contributed by atoms with Crippen LogP contribution in [0.2, 0.25) is 0 Å². The van der Waals surface area contributed by atoms with E-state index in [1.165, 1.54) is 0 Å². The molecule has 6 heteroatoms. The van der Waals surface area contributed by atoms with E-state index in [0.29, 0.717) is 22.9 Å². The Bertz CT molecular complexity index is 735. The van der Waals surface area contributed by atoms with Crippen LogP contribution in [0.3, 0.4) is 0 Å². The van der Waals surface area contributed by atoms with Gasteiger partial charge in [-0.2, -0.15) is 4.73 Å². The Morgan fingerprint density at radius 1 is 1.17 bits per heavy atom. The van der Waals surface area contributed by atoms with Crippen LogP contribution in [0.1, 0.15) is 45.9 Å². The summed E-state index contributed by atoms with van der Waals surface area (Å²) in [5, 5.41) is 11.7. The lowest BCUT2D eigenvalue weighted by Crippen LogP contribution is -2.20. The van der Waals surface area contributed by atoms with Crippen molar-refractivity contribution in [3.8, 4) is 0 Å². The number of fused-ring (bicyclic) bond motifs is 1. The van der Waals surface area contributed by atoms with Crippen LogP contribution in [0, 0.1) is 6.92 Å². The predicted molar refractivity (Wildman–Crippen MR) is 92.9 cm³/mol. The molecule has 1 N–H and O–H groups in total. The minimum Gasteiger partial charge on any atom is -0.428 e. The number of aryl methyl sites for hydroxylation is 1. The second-order valence-corrected chi connectivity index (χ2v) is 8.10. The molecule has 0 radical (unpaired) electrons. The first-order chi connectivity index (χ1) is 10.7. The fourth-order valence-corrected chi connectivity index (χ4v) is 5.33. The van der Waals surface area contributed by atoms with Gasteiger partial charge in [-0.3, -0.25) is 4.57 Å². The smallest absolute Gasteiger partial charge is 0.364 e. The fraction of sp³-hybridized carbons (Fsp3) is 0.529. The van der Waals surface area contributed by atoms with Crippen LogP contribution in [0.5, 0.6) is 0 Å². The first-order valence-corrected chi connectivity index (χ1v) is 9.55. The predicted octanol–water partition coefficient (Wildman–Crippen LogP) is 4.42. The summed E-state index contributed by atoms with van der Waals surface area (Å²) in [5.74, 6) is 0. The van der Waals surface area contributed by atoms with Crippen molar-refractivity contribution >= 4 is 23.8 Å². The monoisotopic (exact) mass is 339 g/mol. The molecule has 0 atom stereocenters. The highest BCUT2D eigenvalue weighted by atomic mass is 31.2. The molecule has 0 saturated heterocycles. The molecular weight excluding hydrogens is 313 g/mol. The number of benzene rings is 1. The molecule has 0 aliphatic rings. The van der Waals surface area contributed by atoms with Crippen molar-refractivity contribution in [2.24, 2.45) is 0 Å². The third-order valence-corrected chi connectivity index (χ3v) is 5.98. The number of nitrogens with zero attached hydrogens (tertiary/aromatic N) is 1. The Labute approximate surface area is 137 Å². The van der Waals surface area contributed by atoms with Crippen molar-refractivity contribution in [2.75, 3.05) is 0 Å². The van der Waals surface area contributed by atoms with E-state index in [1.807, 2.05) is 53.7 Å². The number of hydrogen-bond acceptors (Lipinski definition) is 4. The summed E-state index contributed by atoms with van der Waals surface area (Å²) in [7, 11) is -3.57. The average molecular weight is 339 g/mol. The largest absolute Gasteiger partial charge is 0.428 e. The van der Waals surface area contributed by atoms with E-state index in [-0.39, 0.29) is 12.2 Å². The SMILES string of the molecule is CCc1c(P(=O)(OC(C)C)OC(C)C)c2c(C)cccc2n1O. The van der Waals surface area contributed by atoms with Crippen LogP contribution < -0.4 is 5.30 Å². The molecule has 1 heterocycles. The number of rotatable bonds is 6. The zero-order valence-corrected chi connectivity index (χ0v) is 15.6. The Hall–Kier alpha value is -1.29. The van der Waals surface area contributed by atoms with Gasteiger partial charge < -0.3 is 14.3 Å². The first-order valence-electron chi connectivity index (χ1n) is 8.00. The average Bonchev–Trinajstić information content (AvgIpc) is 2.72. The van der Waals surface area contributed by atoms with Crippen LogP contribution in [0.25, 0.3) is 10.9 Å². The molecule has 0 aliphatic carbocycles. The topological polar surface area (TPSA) is 60.7 Å². The molecule has 0 saturated carbocycles. The van der Waals surface area contributed by atoms with Crippen molar-refractivity contribution < 1.29 is 18.8 Å². The lowest BCUT2D eigenvalue weighted by molar-refractivity contribution is 0.149. The summed E-state index contributed by atoms with van der Waals surface area (Å²) in [4.78, 5) is 0. The van der Waals surface area contributed by atoms with Gasteiger partial charge in [-0.05, 0) is 52.7 Å². The van der Waals surface area contributed by atoms with Crippen molar-refractivity contribution in [3.05, 3.63) is 29.5 Å². The van der Waals surface area contributed by atoms with E-state index in [1.54, 1.807) is 6.07 Å². The summed E-state index contributed by atoms with van der Waals surface area (Å²) in [6, 6.07) is 5.60. The molecule has 1 aromatic carbocycles. The fourth-order valence-electron chi connectivity index (χ4n) is 2.82. The van der Waals surface area contributed by atoms with Gasteiger partial charge in [0.2, 0.25) is 0 Å². The van der Waals surface area contributed by atoms with Gasteiger partial charge in [0.25, 0.3) is 0 Å². The summed E-state index contributed by atoms with van der Waals surface area (Å²) < 4.78 is 26.3. The zero-order chi connectivity index (χ0) is 17.4. The second kappa shape index (κ2) is 6.68. The van der Waals surface area contributed by atoms with Crippen molar-refractivity contribution in [3.63, 3.8) is 0 Å². The highest BCUT2D eigenvalue weighted by Gasteiger charge is 2.37. The van der Waals surface area contributed by atoms with Crippen LogP contribution in [0.4, 0.5) is 0 Å². The third kappa shape index (κ3) is 3.32. The maximum absolute atomic E-state index is 13.6. The minimum absolute atomic E-state index is 0.259. The quantitative estimate of drug-likeness (QED) is 0.625.